The molecule has 0 heterocycles. The highest BCUT2D eigenvalue weighted by Gasteiger charge is 2.55. The van der Waals surface area contributed by atoms with Crippen molar-refractivity contribution in [3.8, 4) is 0 Å². The Hall–Kier alpha value is -0.710. The molecule has 1 rings (SSSR count). The zero-order valence-corrected chi connectivity index (χ0v) is 9.02. The molecule has 0 aromatic carbocycles. The van der Waals surface area contributed by atoms with Crippen molar-refractivity contribution in [3.05, 3.63) is 0 Å². The van der Waals surface area contributed by atoms with E-state index in [4.69, 9.17) is 0 Å². The van der Waals surface area contributed by atoms with E-state index in [9.17, 15) is 18.7 Å². The highest BCUT2D eigenvalue weighted by molar-refractivity contribution is 5.77. The summed E-state index contributed by atoms with van der Waals surface area (Å²) in [6.45, 7) is 3.76. The molecule has 0 atom stereocenters. The summed E-state index contributed by atoms with van der Waals surface area (Å²) in [5.41, 5.74) is -1.28. The Kier molecular flexibility index (Phi) is 3.33. The van der Waals surface area contributed by atoms with Crippen molar-refractivity contribution >= 4 is 5.91 Å². The largest absolute Gasteiger partial charge is 0.389 e. The summed E-state index contributed by atoms with van der Waals surface area (Å²) in [4.78, 5) is 11.1. The van der Waals surface area contributed by atoms with Crippen molar-refractivity contribution in [1.29, 1.82) is 0 Å². The lowest BCUT2D eigenvalue weighted by Gasteiger charge is -2.43. The van der Waals surface area contributed by atoms with Crippen LogP contribution in [0.15, 0.2) is 0 Å². The second-order valence-electron chi connectivity index (χ2n) is 4.63. The number of carbonyl (C=O) groups is 1. The predicted octanol–water partition coefficient (Wildman–Crippen LogP) is 1.31. The van der Waals surface area contributed by atoms with Gasteiger partial charge in [0.2, 0.25) is 5.91 Å². The molecule has 1 fully saturated rings. The molecule has 1 aliphatic carbocycles. The molecule has 15 heavy (non-hydrogen) atoms. The first-order valence-electron chi connectivity index (χ1n) is 5.12. The number of aliphatic hydroxyl groups is 1. The van der Waals surface area contributed by atoms with Crippen LogP contribution in [-0.4, -0.2) is 29.1 Å². The van der Waals surface area contributed by atoms with E-state index in [2.05, 4.69) is 5.32 Å². The van der Waals surface area contributed by atoms with Gasteiger partial charge in [0.15, 0.2) is 0 Å². The second-order valence-corrected chi connectivity index (χ2v) is 4.63. The number of nitrogens with one attached hydrogen (secondary N) is 1. The van der Waals surface area contributed by atoms with Crippen molar-refractivity contribution in [2.75, 3.05) is 6.54 Å². The summed E-state index contributed by atoms with van der Waals surface area (Å²) in [5, 5.41) is 12.2. The summed E-state index contributed by atoms with van der Waals surface area (Å²) >= 11 is 0. The fourth-order valence-corrected chi connectivity index (χ4v) is 1.71. The minimum atomic E-state index is -2.73. The Morgan fingerprint density at radius 1 is 1.47 bits per heavy atom. The van der Waals surface area contributed by atoms with Crippen LogP contribution in [0.1, 0.15) is 33.1 Å². The van der Waals surface area contributed by atoms with Crippen LogP contribution in [0.2, 0.25) is 0 Å². The van der Waals surface area contributed by atoms with E-state index in [1.54, 1.807) is 13.8 Å². The lowest BCUT2D eigenvalue weighted by atomic mass is 9.74. The predicted molar refractivity (Wildman–Crippen MR) is 51.6 cm³/mol. The molecule has 0 aliphatic heterocycles. The quantitative estimate of drug-likeness (QED) is 0.752. The molecule has 1 saturated carbocycles. The standard InChI is InChI=1S/C10H17F2NO2/c1-7(2)8(14)13-4-3-9(15)5-10(11,12)6-9/h7,15H,3-6H2,1-2H3,(H,13,14). The molecule has 0 radical (unpaired) electrons. The summed E-state index contributed by atoms with van der Waals surface area (Å²) < 4.78 is 25.0. The van der Waals surface area contributed by atoms with Crippen molar-refractivity contribution in [2.45, 2.75) is 44.6 Å². The van der Waals surface area contributed by atoms with Crippen LogP contribution < -0.4 is 5.32 Å². The fraction of sp³-hybridized carbons (Fsp3) is 0.900. The maximum Gasteiger partial charge on any atom is 0.253 e. The van der Waals surface area contributed by atoms with Crippen molar-refractivity contribution < 1.29 is 18.7 Å². The van der Waals surface area contributed by atoms with Gasteiger partial charge in [0.05, 0.1) is 5.60 Å². The first-order valence-corrected chi connectivity index (χ1v) is 5.12. The molecule has 2 N–H and O–H groups in total. The summed E-state index contributed by atoms with van der Waals surface area (Å²) in [7, 11) is 0. The van der Waals surface area contributed by atoms with Crippen molar-refractivity contribution in [1.82, 2.24) is 5.32 Å². The van der Waals surface area contributed by atoms with Gasteiger partial charge in [-0.2, -0.15) is 0 Å². The molecular weight excluding hydrogens is 204 g/mol. The highest BCUT2D eigenvalue weighted by Crippen LogP contribution is 2.47. The molecule has 0 aromatic heterocycles. The third-order valence-corrected chi connectivity index (χ3v) is 2.59. The molecule has 1 aliphatic rings. The minimum absolute atomic E-state index is 0.121. The maximum atomic E-state index is 12.5. The van der Waals surface area contributed by atoms with Gasteiger partial charge in [-0.15, -0.1) is 0 Å². The Morgan fingerprint density at radius 2 is 2.00 bits per heavy atom. The number of halogens is 2. The van der Waals surface area contributed by atoms with Gasteiger partial charge in [0.1, 0.15) is 0 Å². The van der Waals surface area contributed by atoms with E-state index in [-0.39, 0.29) is 24.8 Å². The molecular formula is C10H17F2NO2. The van der Waals surface area contributed by atoms with Gasteiger partial charge >= 0.3 is 0 Å². The molecule has 0 aromatic rings. The van der Waals surface area contributed by atoms with Gasteiger partial charge in [0, 0.05) is 25.3 Å². The molecule has 0 unspecified atom stereocenters. The molecule has 5 heteroatoms. The fourth-order valence-electron chi connectivity index (χ4n) is 1.71. The first kappa shape index (κ1) is 12.4. The third kappa shape index (κ3) is 3.41. The van der Waals surface area contributed by atoms with Crippen LogP contribution >= 0.6 is 0 Å². The van der Waals surface area contributed by atoms with Gasteiger partial charge in [-0.25, -0.2) is 8.78 Å². The Balaban J connectivity index is 2.19. The number of carbonyl (C=O) groups excluding carboxylic acids is 1. The van der Waals surface area contributed by atoms with Gasteiger partial charge < -0.3 is 10.4 Å². The monoisotopic (exact) mass is 221 g/mol. The number of hydrogen-bond acceptors (Lipinski definition) is 2. The summed E-state index contributed by atoms with van der Waals surface area (Å²) in [6.07, 6.45) is -0.782. The lowest BCUT2D eigenvalue weighted by molar-refractivity contribution is -0.206. The number of hydrogen-bond donors (Lipinski definition) is 2. The zero-order valence-electron chi connectivity index (χ0n) is 9.02. The Bertz CT molecular complexity index is 246. The van der Waals surface area contributed by atoms with Gasteiger partial charge in [-0.05, 0) is 6.42 Å². The van der Waals surface area contributed by atoms with Crippen LogP contribution in [0.3, 0.4) is 0 Å². The van der Waals surface area contributed by atoms with E-state index in [0.717, 1.165) is 0 Å². The van der Waals surface area contributed by atoms with E-state index in [1.165, 1.54) is 0 Å². The number of amides is 1. The molecule has 0 bridgehead atoms. The molecule has 1 amide bonds. The average Bonchev–Trinajstić information content (AvgIpc) is 1.99. The van der Waals surface area contributed by atoms with Crippen LogP contribution in [0, 0.1) is 5.92 Å². The Labute approximate surface area is 87.9 Å². The van der Waals surface area contributed by atoms with Crippen LogP contribution in [-0.2, 0) is 4.79 Å². The van der Waals surface area contributed by atoms with E-state index in [1.807, 2.05) is 0 Å². The van der Waals surface area contributed by atoms with E-state index >= 15 is 0 Å². The van der Waals surface area contributed by atoms with E-state index in [0.29, 0.717) is 0 Å². The second kappa shape index (κ2) is 4.04. The van der Waals surface area contributed by atoms with Gasteiger partial charge in [-0.3, -0.25) is 4.79 Å². The first-order chi connectivity index (χ1) is 6.74. The normalized spacial score (nSPS) is 22.3. The molecule has 3 nitrogen and oxygen atoms in total. The Morgan fingerprint density at radius 3 is 2.40 bits per heavy atom. The molecule has 0 saturated heterocycles. The van der Waals surface area contributed by atoms with Gasteiger partial charge in [-0.1, -0.05) is 13.8 Å². The summed E-state index contributed by atoms with van der Waals surface area (Å²) in [6, 6.07) is 0. The zero-order chi connectivity index (χ0) is 11.7. The van der Waals surface area contributed by atoms with Gasteiger partial charge in [0.25, 0.3) is 5.92 Å². The van der Waals surface area contributed by atoms with Crippen molar-refractivity contribution in [3.63, 3.8) is 0 Å². The smallest absolute Gasteiger partial charge is 0.253 e. The molecule has 88 valence electrons. The minimum Gasteiger partial charge on any atom is -0.389 e. The SMILES string of the molecule is CC(C)C(=O)NCCC1(O)CC(F)(F)C1. The average molecular weight is 221 g/mol. The van der Waals surface area contributed by atoms with Crippen LogP contribution in [0.5, 0.6) is 0 Å². The van der Waals surface area contributed by atoms with Crippen molar-refractivity contribution in [2.24, 2.45) is 5.92 Å². The lowest BCUT2D eigenvalue weighted by Crippen LogP contribution is -2.53. The number of alkyl halides is 2. The van der Waals surface area contributed by atoms with Crippen LogP contribution in [0.25, 0.3) is 0 Å². The number of rotatable bonds is 4. The van der Waals surface area contributed by atoms with E-state index < -0.39 is 24.4 Å². The maximum absolute atomic E-state index is 12.5. The van der Waals surface area contributed by atoms with Crippen LogP contribution in [0.4, 0.5) is 8.78 Å². The third-order valence-electron chi connectivity index (χ3n) is 2.59. The topological polar surface area (TPSA) is 49.3 Å². The summed E-state index contributed by atoms with van der Waals surface area (Å²) in [5.74, 6) is -2.97. The highest BCUT2D eigenvalue weighted by atomic mass is 19.3. The molecule has 0 spiro atoms.